The van der Waals surface area contributed by atoms with Gasteiger partial charge in [0.2, 0.25) is 0 Å². The van der Waals surface area contributed by atoms with Gasteiger partial charge in [-0.05, 0) is 0 Å². The molecule has 0 unspecified atom stereocenters. The molecule has 0 spiro atoms. The van der Waals surface area contributed by atoms with Gasteiger partial charge in [0.15, 0.2) is 0 Å². The Morgan fingerprint density at radius 2 is 0.818 bits per heavy atom. The Balaban J connectivity index is -0.000000107. The van der Waals surface area contributed by atoms with E-state index in [1.807, 2.05) is 0 Å². The topological polar surface area (TPSA) is 115 Å². The molecular weight excluding hydrogens is 247 g/mol. The van der Waals surface area contributed by atoms with Crippen LogP contribution in [0.5, 0.6) is 0 Å². The van der Waals surface area contributed by atoms with Crippen molar-refractivity contribution in [2.24, 2.45) is 0 Å². The minimum absolute atomic E-state index is 0. The van der Waals surface area contributed by atoms with Crippen LogP contribution >= 0.6 is 15.2 Å². The van der Waals surface area contributed by atoms with Crippen molar-refractivity contribution in [2.45, 2.75) is 0 Å². The Bertz CT molecular complexity index is 131. The SMILES string of the molecule is CP(=O)(O)O.CP(=O)(O)O.[Zn]. The molecule has 0 aromatic heterocycles. The number of hydrogen-bond acceptors (Lipinski definition) is 2. The van der Waals surface area contributed by atoms with E-state index in [-0.39, 0.29) is 19.5 Å². The van der Waals surface area contributed by atoms with Crippen LogP contribution in [0, 0.1) is 0 Å². The van der Waals surface area contributed by atoms with E-state index in [1.165, 1.54) is 0 Å². The van der Waals surface area contributed by atoms with E-state index in [2.05, 4.69) is 0 Å². The summed E-state index contributed by atoms with van der Waals surface area (Å²) in [6, 6.07) is 0. The van der Waals surface area contributed by atoms with Gasteiger partial charge in [0.1, 0.15) is 0 Å². The van der Waals surface area contributed by atoms with Crippen LogP contribution in [-0.2, 0) is 28.6 Å². The molecule has 11 heavy (non-hydrogen) atoms. The quantitative estimate of drug-likeness (QED) is 0.346. The number of rotatable bonds is 0. The zero-order valence-electron chi connectivity index (χ0n) is 6.21. The third-order valence-corrected chi connectivity index (χ3v) is 0. The fourth-order valence-electron chi connectivity index (χ4n) is 0. The molecule has 0 aliphatic heterocycles. The molecular formula is C2H10O6P2Zn. The standard InChI is InChI=1S/2CH5O3P.Zn/c2*1-5(2,3)4;/h2*1H3,(H2,2,3,4);. The normalized spacial score (nSPS) is 10.7. The number of hydrogen-bond donors (Lipinski definition) is 4. The second-order valence-corrected chi connectivity index (χ2v) is 5.01. The van der Waals surface area contributed by atoms with Crippen molar-refractivity contribution in [1.82, 2.24) is 0 Å². The molecule has 0 saturated heterocycles. The molecule has 4 N–H and O–H groups in total. The molecule has 0 bridgehead atoms. The van der Waals surface area contributed by atoms with Crippen molar-refractivity contribution >= 4 is 15.2 Å². The monoisotopic (exact) mass is 256 g/mol. The molecule has 0 aromatic carbocycles. The smallest absolute Gasteiger partial charge is 0.322 e. The summed E-state index contributed by atoms with van der Waals surface area (Å²) in [6.45, 7) is 1.71. The van der Waals surface area contributed by atoms with E-state index in [9.17, 15) is 9.13 Å². The van der Waals surface area contributed by atoms with Crippen LogP contribution in [0.25, 0.3) is 0 Å². The Morgan fingerprint density at radius 3 is 0.818 bits per heavy atom. The summed E-state index contributed by atoms with van der Waals surface area (Å²) in [6.07, 6.45) is 0. The van der Waals surface area contributed by atoms with Gasteiger partial charge in [0.05, 0.1) is 0 Å². The molecule has 0 rings (SSSR count). The fourth-order valence-corrected chi connectivity index (χ4v) is 0. The first-order chi connectivity index (χ1) is 4.00. The molecule has 66 valence electrons. The van der Waals surface area contributed by atoms with Gasteiger partial charge >= 0.3 is 15.2 Å². The maximum absolute atomic E-state index is 9.33. The summed E-state index contributed by atoms with van der Waals surface area (Å²) in [7, 11) is -7.28. The van der Waals surface area contributed by atoms with Crippen molar-refractivity contribution in [1.29, 1.82) is 0 Å². The summed E-state index contributed by atoms with van der Waals surface area (Å²) >= 11 is 0. The Labute approximate surface area is 77.1 Å². The van der Waals surface area contributed by atoms with Crippen LogP contribution in [0.4, 0.5) is 0 Å². The zero-order valence-corrected chi connectivity index (χ0v) is 11.0. The third kappa shape index (κ3) is 1020. The van der Waals surface area contributed by atoms with E-state index < -0.39 is 15.2 Å². The molecule has 0 fully saturated rings. The van der Waals surface area contributed by atoms with Crippen LogP contribution in [-0.4, -0.2) is 32.9 Å². The molecule has 0 heterocycles. The first-order valence-electron chi connectivity index (χ1n) is 2.06. The average Bonchev–Trinajstić information content (AvgIpc) is 1.12. The summed E-state index contributed by atoms with van der Waals surface area (Å²) in [5.41, 5.74) is 0. The predicted molar refractivity (Wildman–Crippen MR) is 35.9 cm³/mol. The maximum atomic E-state index is 9.33. The van der Waals surface area contributed by atoms with Crippen LogP contribution in [0.1, 0.15) is 0 Å². The van der Waals surface area contributed by atoms with Crippen LogP contribution in [0.3, 0.4) is 0 Å². The Hall–Kier alpha value is 0.923. The predicted octanol–water partition coefficient (Wildman–Crippen LogP) is -0.415. The second kappa shape index (κ2) is 6.44. The molecule has 0 aliphatic carbocycles. The minimum atomic E-state index is -3.64. The molecule has 0 aromatic rings. The largest absolute Gasteiger partial charge is 0.325 e. The minimum Gasteiger partial charge on any atom is -0.325 e. The first kappa shape index (κ1) is 17.9. The van der Waals surface area contributed by atoms with E-state index in [0.717, 1.165) is 13.3 Å². The van der Waals surface area contributed by atoms with Gasteiger partial charge in [0, 0.05) is 32.8 Å². The third-order valence-electron chi connectivity index (χ3n) is 0. The van der Waals surface area contributed by atoms with E-state index in [1.54, 1.807) is 0 Å². The van der Waals surface area contributed by atoms with Crippen LogP contribution < -0.4 is 0 Å². The molecule has 9 heteroatoms. The van der Waals surface area contributed by atoms with Gasteiger partial charge in [-0.15, -0.1) is 0 Å². The average molecular weight is 257 g/mol. The Kier molecular flexibility index (Phi) is 10.5. The van der Waals surface area contributed by atoms with Gasteiger partial charge in [-0.1, -0.05) is 0 Å². The molecule has 0 atom stereocenters. The van der Waals surface area contributed by atoms with Crippen molar-refractivity contribution in [3.8, 4) is 0 Å². The maximum Gasteiger partial charge on any atom is 0.322 e. The van der Waals surface area contributed by atoms with Crippen molar-refractivity contribution in [2.75, 3.05) is 13.3 Å². The zero-order chi connectivity index (χ0) is 9.00. The summed E-state index contributed by atoms with van der Waals surface area (Å²) in [5.74, 6) is 0. The second-order valence-electron chi connectivity index (χ2n) is 1.67. The fraction of sp³-hybridized carbons (Fsp3) is 1.00. The van der Waals surface area contributed by atoms with Gasteiger partial charge in [-0.25, -0.2) is 0 Å². The van der Waals surface area contributed by atoms with Gasteiger partial charge in [0.25, 0.3) is 0 Å². The summed E-state index contributed by atoms with van der Waals surface area (Å²) in [4.78, 5) is 30.5. The van der Waals surface area contributed by atoms with Crippen LogP contribution in [0.2, 0.25) is 0 Å². The first-order valence-corrected chi connectivity index (χ1v) is 6.18. The van der Waals surface area contributed by atoms with Gasteiger partial charge in [-0.2, -0.15) is 0 Å². The molecule has 6 nitrogen and oxygen atoms in total. The molecule has 0 aliphatic rings. The van der Waals surface area contributed by atoms with Gasteiger partial charge in [-0.3, -0.25) is 9.13 Å². The van der Waals surface area contributed by atoms with Crippen molar-refractivity contribution in [3.05, 3.63) is 0 Å². The molecule has 0 radical (unpaired) electrons. The van der Waals surface area contributed by atoms with Crippen LogP contribution in [0.15, 0.2) is 0 Å². The van der Waals surface area contributed by atoms with Crippen molar-refractivity contribution in [3.63, 3.8) is 0 Å². The van der Waals surface area contributed by atoms with E-state index in [0.29, 0.717) is 0 Å². The molecule has 0 amide bonds. The summed E-state index contributed by atoms with van der Waals surface area (Å²) < 4.78 is 18.7. The van der Waals surface area contributed by atoms with E-state index >= 15 is 0 Å². The Morgan fingerprint density at radius 1 is 0.818 bits per heavy atom. The van der Waals surface area contributed by atoms with Crippen molar-refractivity contribution < 1.29 is 48.2 Å². The van der Waals surface area contributed by atoms with E-state index in [4.69, 9.17) is 19.6 Å². The summed E-state index contributed by atoms with van der Waals surface area (Å²) in [5, 5.41) is 0. The molecule has 0 saturated carbocycles. The van der Waals surface area contributed by atoms with Gasteiger partial charge < -0.3 is 19.6 Å².